The first kappa shape index (κ1) is 17.4. The predicted octanol–water partition coefficient (Wildman–Crippen LogP) is 1.62. The molecule has 0 saturated heterocycles. The van der Waals surface area contributed by atoms with Gasteiger partial charge in [-0.3, -0.25) is 23.5 Å². The Morgan fingerprint density at radius 3 is 2.31 bits per heavy atom. The Morgan fingerprint density at radius 2 is 1.62 bits per heavy atom. The van der Waals surface area contributed by atoms with Gasteiger partial charge >= 0.3 is 11.1 Å². The third kappa shape index (κ3) is 3.97. The number of nitrogens with one attached hydrogen (secondary N) is 1. The average Bonchev–Trinajstić information content (AvgIpc) is 2.66. The number of nitrogens with zero attached hydrogens (tertiary/aromatic N) is 2. The Balaban J connectivity index is 1.71. The van der Waals surface area contributed by atoms with Crippen molar-refractivity contribution in [2.24, 2.45) is 0 Å². The molecule has 1 aromatic heterocycles. The van der Waals surface area contributed by atoms with Crippen LogP contribution in [-0.4, -0.2) is 15.0 Å². The van der Waals surface area contributed by atoms with Gasteiger partial charge in [-0.25, -0.2) is 0 Å². The minimum Gasteiger partial charge on any atom is -0.350 e. The number of hydrogen-bond donors (Lipinski definition) is 1. The van der Waals surface area contributed by atoms with Gasteiger partial charge in [-0.1, -0.05) is 48.0 Å². The van der Waals surface area contributed by atoms with Crippen molar-refractivity contribution in [1.82, 2.24) is 14.5 Å². The molecule has 3 rings (SSSR count). The second kappa shape index (κ2) is 7.65. The fraction of sp³-hybridized carbons (Fsp3) is 0.150. The summed E-state index contributed by atoms with van der Waals surface area (Å²) >= 11 is 0. The number of para-hydroxylation sites is 1. The molecule has 0 saturated carbocycles. The molecule has 0 aliphatic carbocycles. The number of aromatic nitrogens is 2. The van der Waals surface area contributed by atoms with Crippen molar-refractivity contribution in [2.75, 3.05) is 0 Å². The van der Waals surface area contributed by atoms with Crippen molar-refractivity contribution in [1.29, 1.82) is 0 Å². The van der Waals surface area contributed by atoms with Crippen LogP contribution < -0.4 is 16.4 Å². The molecular formula is C20H19N3O3. The van der Waals surface area contributed by atoms with E-state index in [0.717, 1.165) is 15.7 Å². The summed E-state index contributed by atoms with van der Waals surface area (Å²) in [5.74, 6) is -0.329. The van der Waals surface area contributed by atoms with E-state index >= 15 is 0 Å². The average molecular weight is 349 g/mol. The van der Waals surface area contributed by atoms with Gasteiger partial charge in [0.2, 0.25) is 5.91 Å². The molecule has 1 heterocycles. The lowest BCUT2D eigenvalue weighted by Gasteiger charge is -2.10. The molecule has 0 bridgehead atoms. The maximum atomic E-state index is 12.3. The van der Waals surface area contributed by atoms with Crippen LogP contribution in [0.5, 0.6) is 0 Å². The smallest absolute Gasteiger partial charge is 0.320 e. The number of hydrogen-bond acceptors (Lipinski definition) is 3. The van der Waals surface area contributed by atoms with E-state index in [1.54, 1.807) is 24.3 Å². The van der Waals surface area contributed by atoms with Crippen LogP contribution in [0.3, 0.4) is 0 Å². The molecule has 0 unspecified atom stereocenters. The van der Waals surface area contributed by atoms with E-state index in [-0.39, 0.29) is 12.5 Å². The highest BCUT2D eigenvalue weighted by Crippen LogP contribution is 2.03. The van der Waals surface area contributed by atoms with Crippen molar-refractivity contribution in [3.63, 3.8) is 0 Å². The highest BCUT2D eigenvalue weighted by molar-refractivity contribution is 5.75. The lowest BCUT2D eigenvalue weighted by molar-refractivity contribution is -0.121. The fourth-order valence-corrected chi connectivity index (χ4v) is 2.54. The number of carbonyl (C=O) groups is 1. The second-order valence-corrected chi connectivity index (χ2v) is 6.00. The Bertz CT molecular complexity index is 1020. The summed E-state index contributed by atoms with van der Waals surface area (Å²) in [6.45, 7) is 2.16. The normalized spacial score (nSPS) is 10.5. The lowest BCUT2D eigenvalue weighted by Crippen LogP contribution is -2.42. The van der Waals surface area contributed by atoms with Crippen LogP contribution in [0, 0.1) is 6.92 Å². The molecule has 0 spiro atoms. The van der Waals surface area contributed by atoms with E-state index in [1.807, 2.05) is 37.3 Å². The first-order valence-corrected chi connectivity index (χ1v) is 8.24. The first-order chi connectivity index (χ1) is 12.5. The molecule has 2 aromatic carbocycles. The SMILES string of the molecule is Cc1ccc(CNC(=O)Cn2ccn(-c3ccccc3)c(=O)c2=O)cc1. The van der Waals surface area contributed by atoms with E-state index in [4.69, 9.17) is 0 Å². The molecule has 0 radical (unpaired) electrons. The van der Waals surface area contributed by atoms with Crippen LogP contribution in [0.1, 0.15) is 11.1 Å². The van der Waals surface area contributed by atoms with Gasteiger partial charge in [-0.2, -0.15) is 0 Å². The number of aryl methyl sites for hydroxylation is 1. The number of amides is 1. The van der Waals surface area contributed by atoms with E-state index in [0.29, 0.717) is 12.2 Å². The molecular weight excluding hydrogens is 330 g/mol. The third-order valence-corrected chi connectivity index (χ3v) is 4.02. The van der Waals surface area contributed by atoms with Crippen molar-refractivity contribution in [3.05, 3.63) is 98.8 Å². The summed E-state index contributed by atoms with van der Waals surface area (Å²) < 4.78 is 2.38. The van der Waals surface area contributed by atoms with E-state index in [2.05, 4.69) is 5.32 Å². The van der Waals surface area contributed by atoms with Crippen LogP contribution in [0.2, 0.25) is 0 Å². The standard InChI is InChI=1S/C20H19N3O3/c1-15-7-9-16(10-8-15)13-21-18(24)14-22-11-12-23(20(26)19(22)25)17-5-3-2-4-6-17/h2-12H,13-14H2,1H3,(H,21,24). The van der Waals surface area contributed by atoms with E-state index in [9.17, 15) is 14.4 Å². The highest BCUT2D eigenvalue weighted by atomic mass is 16.2. The predicted molar refractivity (Wildman–Crippen MR) is 99.3 cm³/mol. The Kier molecular flexibility index (Phi) is 5.12. The topological polar surface area (TPSA) is 73.1 Å². The van der Waals surface area contributed by atoms with Gasteiger partial charge in [0, 0.05) is 24.6 Å². The molecule has 1 N–H and O–H groups in total. The van der Waals surface area contributed by atoms with Gasteiger partial charge in [0.1, 0.15) is 6.54 Å². The van der Waals surface area contributed by atoms with Crippen LogP contribution in [0.25, 0.3) is 5.69 Å². The van der Waals surface area contributed by atoms with Crippen molar-refractivity contribution >= 4 is 5.91 Å². The number of rotatable bonds is 5. The van der Waals surface area contributed by atoms with E-state index < -0.39 is 11.1 Å². The summed E-state index contributed by atoms with van der Waals surface area (Å²) in [6.07, 6.45) is 2.94. The highest BCUT2D eigenvalue weighted by Gasteiger charge is 2.09. The lowest BCUT2D eigenvalue weighted by atomic mass is 10.1. The Morgan fingerprint density at radius 1 is 0.923 bits per heavy atom. The molecule has 3 aromatic rings. The summed E-state index contributed by atoms with van der Waals surface area (Å²) in [7, 11) is 0. The Hall–Kier alpha value is -3.41. The molecule has 0 aliphatic heterocycles. The third-order valence-electron chi connectivity index (χ3n) is 4.02. The van der Waals surface area contributed by atoms with Crippen molar-refractivity contribution in [2.45, 2.75) is 20.0 Å². The summed E-state index contributed by atoms with van der Waals surface area (Å²) in [5.41, 5.74) is 1.29. The summed E-state index contributed by atoms with van der Waals surface area (Å²) in [4.78, 5) is 36.6. The molecule has 132 valence electrons. The minimum atomic E-state index is -0.734. The van der Waals surface area contributed by atoms with Gasteiger partial charge < -0.3 is 5.32 Å². The molecule has 0 atom stereocenters. The second-order valence-electron chi connectivity index (χ2n) is 6.00. The van der Waals surface area contributed by atoms with Crippen LogP contribution >= 0.6 is 0 Å². The van der Waals surface area contributed by atoms with Gasteiger partial charge in [0.05, 0.1) is 0 Å². The summed E-state index contributed by atoms with van der Waals surface area (Å²) in [5, 5.41) is 2.75. The molecule has 0 fully saturated rings. The van der Waals surface area contributed by atoms with Crippen molar-refractivity contribution in [3.8, 4) is 5.69 Å². The largest absolute Gasteiger partial charge is 0.350 e. The molecule has 26 heavy (non-hydrogen) atoms. The monoisotopic (exact) mass is 349 g/mol. The molecule has 0 aliphatic rings. The number of benzene rings is 2. The number of carbonyl (C=O) groups excluding carboxylic acids is 1. The van der Waals surface area contributed by atoms with Gasteiger partial charge in [0.15, 0.2) is 0 Å². The van der Waals surface area contributed by atoms with Crippen LogP contribution in [-0.2, 0) is 17.9 Å². The minimum absolute atomic E-state index is 0.199. The van der Waals surface area contributed by atoms with E-state index in [1.165, 1.54) is 17.0 Å². The maximum absolute atomic E-state index is 12.3. The molecule has 1 amide bonds. The van der Waals surface area contributed by atoms with Gasteiger partial charge in [-0.05, 0) is 24.6 Å². The fourth-order valence-electron chi connectivity index (χ4n) is 2.54. The zero-order chi connectivity index (χ0) is 18.5. The quantitative estimate of drug-likeness (QED) is 0.712. The zero-order valence-electron chi connectivity index (χ0n) is 14.4. The first-order valence-electron chi connectivity index (χ1n) is 8.24. The van der Waals surface area contributed by atoms with Crippen LogP contribution in [0.4, 0.5) is 0 Å². The van der Waals surface area contributed by atoms with Crippen LogP contribution in [0.15, 0.2) is 76.6 Å². The molecule has 6 nitrogen and oxygen atoms in total. The summed E-state index contributed by atoms with van der Waals surface area (Å²) in [6, 6.07) is 16.7. The molecule has 6 heteroatoms. The van der Waals surface area contributed by atoms with Gasteiger partial charge in [-0.15, -0.1) is 0 Å². The van der Waals surface area contributed by atoms with Gasteiger partial charge in [0.25, 0.3) is 0 Å². The van der Waals surface area contributed by atoms with Crippen molar-refractivity contribution < 1.29 is 4.79 Å². The maximum Gasteiger partial charge on any atom is 0.320 e. The Labute approximate surface area is 150 Å². The zero-order valence-corrected chi connectivity index (χ0v) is 14.4.